The Hall–Kier alpha value is -4.08. The lowest BCUT2D eigenvalue weighted by Gasteiger charge is -2.31. The largest absolute Gasteiger partial charge is 0.490 e. The SMILES string of the molecule is COCCN1CCC(COc2cnc(-c3cccc(Cn4nc(-c5cccc(N)c5)ccc4=O)c3)nc2)CC1. The number of ether oxygens (including phenoxy) is 2. The van der Waals surface area contributed by atoms with Crippen molar-refractivity contribution in [2.45, 2.75) is 19.4 Å². The van der Waals surface area contributed by atoms with Crippen molar-refractivity contribution in [3.8, 4) is 28.4 Å². The first-order valence-electron chi connectivity index (χ1n) is 13.3. The molecule has 2 aromatic heterocycles. The summed E-state index contributed by atoms with van der Waals surface area (Å²) in [6, 6.07) is 18.5. The minimum Gasteiger partial charge on any atom is -0.490 e. The Morgan fingerprint density at radius 3 is 2.51 bits per heavy atom. The van der Waals surface area contributed by atoms with Gasteiger partial charge in [-0.05, 0) is 61.7 Å². The first kappa shape index (κ1) is 26.5. The van der Waals surface area contributed by atoms with E-state index in [1.165, 1.54) is 10.7 Å². The van der Waals surface area contributed by atoms with E-state index in [0.29, 0.717) is 42.0 Å². The van der Waals surface area contributed by atoms with Gasteiger partial charge in [0.15, 0.2) is 11.6 Å². The Bertz CT molecular complexity index is 1430. The van der Waals surface area contributed by atoms with Gasteiger partial charge >= 0.3 is 0 Å². The van der Waals surface area contributed by atoms with E-state index in [2.05, 4.69) is 20.0 Å². The number of rotatable bonds is 10. The number of nitrogen functional groups attached to an aromatic ring is 1. The maximum absolute atomic E-state index is 12.5. The van der Waals surface area contributed by atoms with Gasteiger partial charge in [0.25, 0.3) is 5.56 Å². The Morgan fingerprint density at radius 1 is 0.974 bits per heavy atom. The number of likely N-dealkylation sites (tertiary alicyclic amines) is 1. The fraction of sp³-hybridized carbons (Fsp3) is 0.333. The number of anilines is 1. The van der Waals surface area contributed by atoms with Gasteiger partial charge in [0, 0.05) is 36.5 Å². The van der Waals surface area contributed by atoms with Crippen molar-refractivity contribution in [2.75, 3.05) is 45.7 Å². The molecule has 5 rings (SSSR count). The van der Waals surface area contributed by atoms with Crippen molar-refractivity contribution in [1.29, 1.82) is 0 Å². The molecule has 0 atom stereocenters. The van der Waals surface area contributed by atoms with Gasteiger partial charge in [-0.15, -0.1) is 0 Å². The highest BCUT2D eigenvalue weighted by Gasteiger charge is 2.19. The molecule has 3 heterocycles. The van der Waals surface area contributed by atoms with Crippen LogP contribution in [0.1, 0.15) is 18.4 Å². The average molecular weight is 527 g/mol. The summed E-state index contributed by atoms with van der Waals surface area (Å²) in [7, 11) is 1.74. The third-order valence-corrected chi connectivity index (χ3v) is 7.00. The number of benzene rings is 2. The number of methoxy groups -OCH3 is 1. The van der Waals surface area contributed by atoms with Crippen molar-refractivity contribution in [2.24, 2.45) is 5.92 Å². The zero-order chi connectivity index (χ0) is 27.0. The molecule has 1 fully saturated rings. The summed E-state index contributed by atoms with van der Waals surface area (Å²) in [5.74, 6) is 1.81. The molecule has 1 aliphatic rings. The number of nitrogens with two attached hydrogens (primary N) is 1. The van der Waals surface area contributed by atoms with E-state index in [-0.39, 0.29) is 5.56 Å². The predicted molar refractivity (Wildman–Crippen MR) is 151 cm³/mol. The van der Waals surface area contributed by atoms with Crippen LogP contribution in [0.25, 0.3) is 22.6 Å². The highest BCUT2D eigenvalue weighted by molar-refractivity contribution is 5.63. The molecule has 9 heteroatoms. The van der Waals surface area contributed by atoms with Gasteiger partial charge in [-0.1, -0.05) is 30.3 Å². The van der Waals surface area contributed by atoms with E-state index < -0.39 is 0 Å². The lowest BCUT2D eigenvalue weighted by molar-refractivity contribution is 0.105. The van der Waals surface area contributed by atoms with Gasteiger partial charge in [-0.25, -0.2) is 14.6 Å². The first-order chi connectivity index (χ1) is 19.1. The van der Waals surface area contributed by atoms with E-state index >= 15 is 0 Å². The Balaban J connectivity index is 1.20. The maximum atomic E-state index is 12.5. The fourth-order valence-electron chi connectivity index (χ4n) is 4.75. The molecule has 2 aromatic carbocycles. The lowest BCUT2D eigenvalue weighted by atomic mass is 9.98. The van der Waals surface area contributed by atoms with Gasteiger partial charge in [-0.3, -0.25) is 4.79 Å². The lowest BCUT2D eigenvalue weighted by Crippen LogP contribution is -2.37. The molecule has 0 unspecified atom stereocenters. The zero-order valence-electron chi connectivity index (χ0n) is 22.2. The summed E-state index contributed by atoms with van der Waals surface area (Å²) < 4.78 is 12.6. The van der Waals surface area contributed by atoms with Gasteiger partial charge in [-0.2, -0.15) is 5.10 Å². The summed E-state index contributed by atoms with van der Waals surface area (Å²) in [5.41, 5.74) is 9.73. The molecule has 9 nitrogen and oxygen atoms in total. The first-order valence-corrected chi connectivity index (χ1v) is 13.3. The maximum Gasteiger partial charge on any atom is 0.267 e. The van der Waals surface area contributed by atoms with Crippen molar-refractivity contribution < 1.29 is 9.47 Å². The number of hydrogen-bond acceptors (Lipinski definition) is 8. The zero-order valence-corrected chi connectivity index (χ0v) is 22.2. The Morgan fingerprint density at radius 2 is 1.74 bits per heavy atom. The van der Waals surface area contributed by atoms with Crippen LogP contribution >= 0.6 is 0 Å². The third-order valence-electron chi connectivity index (χ3n) is 7.00. The fourth-order valence-corrected chi connectivity index (χ4v) is 4.75. The topological polar surface area (TPSA) is 108 Å². The molecule has 0 spiro atoms. The van der Waals surface area contributed by atoms with Crippen molar-refractivity contribution in [3.63, 3.8) is 0 Å². The molecule has 0 aliphatic carbocycles. The quantitative estimate of drug-likeness (QED) is 0.312. The number of hydrogen-bond donors (Lipinski definition) is 1. The van der Waals surface area contributed by atoms with Crippen LogP contribution in [0.5, 0.6) is 5.75 Å². The van der Waals surface area contributed by atoms with Crippen LogP contribution in [0.2, 0.25) is 0 Å². The Labute approximate surface area is 228 Å². The van der Waals surface area contributed by atoms with Crippen molar-refractivity contribution >= 4 is 5.69 Å². The second-order valence-corrected chi connectivity index (χ2v) is 9.87. The van der Waals surface area contributed by atoms with Crippen LogP contribution in [0.3, 0.4) is 0 Å². The second kappa shape index (κ2) is 12.6. The molecular weight excluding hydrogens is 492 g/mol. The van der Waals surface area contributed by atoms with Crippen molar-refractivity contribution in [3.05, 3.63) is 89.0 Å². The van der Waals surface area contributed by atoms with Crippen molar-refractivity contribution in [1.82, 2.24) is 24.6 Å². The Kier molecular flexibility index (Phi) is 8.60. The summed E-state index contributed by atoms with van der Waals surface area (Å²) >= 11 is 0. The van der Waals surface area contributed by atoms with Gasteiger partial charge < -0.3 is 20.1 Å². The molecule has 0 radical (unpaired) electrons. The molecule has 2 N–H and O–H groups in total. The highest BCUT2D eigenvalue weighted by atomic mass is 16.5. The number of piperidine rings is 1. The highest BCUT2D eigenvalue weighted by Crippen LogP contribution is 2.22. The van der Waals surface area contributed by atoms with E-state index in [1.807, 2.05) is 48.5 Å². The summed E-state index contributed by atoms with van der Waals surface area (Å²) in [4.78, 5) is 24.0. The van der Waals surface area contributed by atoms with Crippen LogP contribution in [0, 0.1) is 5.92 Å². The molecule has 1 aliphatic heterocycles. The standard InChI is InChI=1S/C30H34N6O3/c1-38-15-14-35-12-10-22(11-13-35)21-39-27-18-32-30(33-19-27)25-6-2-4-23(16-25)20-36-29(37)9-8-28(34-36)24-5-3-7-26(31)17-24/h2-9,16-19,22H,10-15,20-21,31H2,1H3. The van der Waals surface area contributed by atoms with E-state index in [1.54, 1.807) is 25.6 Å². The summed E-state index contributed by atoms with van der Waals surface area (Å²) in [6.45, 7) is 4.93. The molecule has 202 valence electrons. The molecule has 0 bridgehead atoms. The number of nitrogens with zero attached hydrogens (tertiary/aromatic N) is 5. The smallest absolute Gasteiger partial charge is 0.267 e. The van der Waals surface area contributed by atoms with Crippen LogP contribution in [-0.2, 0) is 11.3 Å². The summed E-state index contributed by atoms with van der Waals surface area (Å²) in [5, 5.41) is 4.56. The van der Waals surface area contributed by atoms with Crippen LogP contribution in [0.4, 0.5) is 5.69 Å². The molecule has 0 saturated carbocycles. The van der Waals surface area contributed by atoms with Gasteiger partial charge in [0.1, 0.15) is 0 Å². The van der Waals surface area contributed by atoms with Gasteiger partial charge in [0.2, 0.25) is 0 Å². The normalized spacial score (nSPS) is 14.4. The number of aromatic nitrogens is 4. The van der Waals surface area contributed by atoms with Crippen LogP contribution in [0.15, 0.2) is 77.9 Å². The van der Waals surface area contributed by atoms with E-state index in [0.717, 1.165) is 55.8 Å². The van der Waals surface area contributed by atoms with E-state index in [4.69, 9.17) is 15.2 Å². The molecule has 39 heavy (non-hydrogen) atoms. The minimum absolute atomic E-state index is 0.175. The monoisotopic (exact) mass is 526 g/mol. The minimum atomic E-state index is -0.175. The second-order valence-electron chi connectivity index (χ2n) is 9.87. The van der Waals surface area contributed by atoms with Gasteiger partial charge in [0.05, 0.1) is 37.8 Å². The molecular formula is C30H34N6O3. The third kappa shape index (κ3) is 7.07. The molecule has 4 aromatic rings. The average Bonchev–Trinajstić information content (AvgIpc) is 2.97. The molecule has 0 amide bonds. The van der Waals surface area contributed by atoms with Crippen LogP contribution in [-0.4, -0.2) is 64.6 Å². The van der Waals surface area contributed by atoms with E-state index in [9.17, 15) is 4.79 Å². The molecule has 1 saturated heterocycles. The van der Waals surface area contributed by atoms with Crippen LogP contribution < -0.4 is 16.0 Å². The predicted octanol–water partition coefficient (Wildman–Crippen LogP) is 3.74. The summed E-state index contributed by atoms with van der Waals surface area (Å²) in [6.07, 6.45) is 5.69.